The number of esters is 1. The molecule has 3 N–H and O–H groups in total. The van der Waals surface area contributed by atoms with Crippen molar-refractivity contribution in [2.75, 3.05) is 7.11 Å². The first-order chi connectivity index (χ1) is 12.7. The molecule has 1 heterocycles. The van der Waals surface area contributed by atoms with Crippen LogP contribution in [0.25, 0.3) is 0 Å². The van der Waals surface area contributed by atoms with Gasteiger partial charge in [0.1, 0.15) is 17.8 Å². The molecule has 0 aliphatic rings. The standard InChI is InChI=1S/C17H17F3N2O5/c1-25-15(23)7-14(22-16(24)11-6-13(8-21)26-9-11)10-2-4-12(5-3-10)27-17(18,19)20/h2-6,9,14H,7-8,21H2,1H3,(H,22,24). The summed E-state index contributed by atoms with van der Waals surface area (Å²) in [6.45, 7) is 0.111. The summed E-state index contributed by atoms with van der Waals surface area (Å²) in [5.41, 5.74) is 6.01. The minimum absolute atomic E-state index is 0.111. The Balaban J connectivity index is 2.18. The van der Waals surface area contributed by atoms with Gasteiger partial charge in [-0.05, 0) is 23.8 Å². The number of nitrogens with two attached hydrogens (primary N) is 1. The summed E-state index contributed by atoms with van der Waals surface area (Å²) in [5, 5.41) is 2.62. The maximum atomic E-state index is 12.3. The number of halogens is 3. The zero-order valence-electron chi connectivity index (χ0n) is 14.2. The third kappa shape index (κ3) is 6.03. The molecule has 1 unspecified atom stereocenters. The van der Waals surface area contributed by atoms with E-state index < -0.39 is 30.0 Å². The predicted molar refractivity (Wildman–Crippen MR) is 86.6 cm³/mol. The van der Waals surface area contributed by atoms with E-state index in [2.05, 4.69) is 14.8 Å². The lowest BCUT2D eigenvalue weighted by Crippen LogP contribution is -2.30. The van der Waals surface area contributed by atoms with Crippen molar-refractivity contribution in [3.63, 3.8) is 0 Å². The normalized spacial score (nSPS) is 12.3. The zero-order valence-corrected chi connectivity index (χ0v) is 14.2. The number of amides is 1. The highest BCUT2D eigenvalue weighted by Gasteiger charge is 2.31. The fraction of sp³-hybridized carbons (Fsp3) is 0.294. The molecule has 0 aliphatic carbocycles. The number of carbonyl (C=O) groups excluding carboxylic acids is 2. The van der Waals surface area contributed by atoms with Gasteiger partial charge in [0.05, 0.1) is 31.7 Å². The number of methoxy groups -OCH3 is 1. The number of nitrogens with one attached hydrogen (secondary N) is 1. The fourth-order valence-electron chi connectivity index (χ4n) is 2.25. The molecule has 0 saturated carbocycles. The molecule has 10 heteroatoms. The number of ether oxygens (including phenoxy) is 2. The minimum Gasteiger partial charge on any atom is -0.469 e. The highest BCUT2D eigenvalue weighted by Crippen LogP contribution is 2.26. The second-order valence-corrected chi connectivity index (χ2v) is 5.43. The van der Waals surface area contributed by atoms with E-state index in [9.17, 15) is 22.8 Å². The van der Waals surface area contributed by atoms with E-state index in [-0.39, 0.29) is 18.5 Å². The van der Waals surface area contributed by atoms with Gasteiger partial charge in [-0.3, -0.25) is 9.59 Å². The maximum Gasteiger partial charge on any atom is 0.573 e. The van der Waals surface area contributed by atoms with E-state index >= 15 is 0 Å². The average Bonchev–Trinajstić information content (AvgIpc) is 3.09. The zero-order chi connectivity index (χ0) is 20.0. The molecule has 0 spiro atoms. The molecule has 1 atom stereocenters. The first kappa shape index (κ1) is 20.3. The van der Waals surface area contributed by atoms with Crippen molar-refractivity contribution in [1.29, 1.82) is 0 Å². The van der Waals surface area contributed by atoms with Crippen LogP contribution in [0.15, 0.2) is 41.0 Å². The van der Waals surface area contributed by atoms with Crippen LogP contribution in [0.2, 0.25) is 0 Å². The third-order valence-corrected chi connectivity index (χ3v) is 3.54. The van der Waals surface area contributed by atoms with Gasteiger partial charge >= 0.3 is 12.3 Å². The van der Waals surface area contributed by atoms with Gasteiger partial charge in [0.2, 0.25) is 0 Å². The summed E-state index contributed by atoms with van der Waals surface area (Å²) >= 11 is 0. The molecule has 27 heavy (non-hydrogen) atoms. The molecule has 1 aromatic heterocycles. The van der Waals surface area contributed by atoms with E-state index in [1.807, 2.05) is 0 Å². The van der Waals surface area contributed by atoms with Crippen LogP contribution in [0.3, 0.4) is 0 Å². The van der Waals surface area contributed by atoms with Crippen LogP contribution in [0.1, 0.15) is 34.1 Å². The van der Waals surface area contributed by atoms with Crippen LogP contribution >= 0.6 is 0 Å². The summed E-state index contributed by atoms with van der Waals surface area (Å²) < 4.78 is 50.2. The van der Waals surface area contributed by atoms with Crippen LogP contribution in [-0.2, 0) is 16.1 Å². The maximum absolute atomic E-state index is 12.3. The van der Waals surface area contributed by atoms with Crippen LogP contribution in [-0.4, -0.2) is 25.3 Å². The lowest BCUT2D eigenvalue weighted by molar-refractivity contribution is -0.274. The second kappa shape index (κ2) is 8.58. The first-order valence-corrected chi connectivity index (χ1v) is 7.72. The molecule has 0 aliphatic heterocycles. The molecule has 2 rings (SSSR count). The second-order valence-electron chi connectivity index (χ2n) is 5.43. The van der Waals surface area contributed by atoms with Gasteiger partial charge in [-0.1, -0.05) is 12.1 Å². The number of rotatable bonds is 7. The molecule has 7 nitrogen and oxygen atoms in total. The molecular weight excluding hydrogens is 369 g/mol. The fourth-order valence-corrected chi connectivity index (χ4v) is 2.25. The molecule has 1 amide bonds. The Morgan fingerprint density at radius 2 is 1.93 bits per heavy atom. The lowest BCUT2D eigenvalue weighted by Gasteiger charge is -2.18. The SMILES string of the molecule is COC(=O)CC(NC(=O)c1coc(CN)c1)c1ccc(OC(F)(F)F)cc1. The quantitative estimate of drug-likeness (QED) is 0.709. The Kier molecular flexibility index (Phi) is 6.45. The molecule has 1 aromatic carbocycles. The number of furan rings is 1. The van der Waals surface area contributed by atoms with Crippen molar-refractivity contribution in [1.82, 2.24) is 5.32 Å². The highest BCUT2D eigenvalue weighted by atomic mass is 19.4. The predicted octanol–water partition coefficient (Wildman–Crippen LogP) is 2.67. The monoisotopic (exact) mass is 386 g/mol. The van der Waals surface area contributed by atoms with Gasteiger partial charge in [-0.25, -0.2) is 0 Å². The number of hydrogen-bond donors (Lipinski definition) is 2. The Morgan fingerprint density at radius 3 is 2.44 bits per heavy atom. The Labute approximate surface area is 152 Å². The third-order valence-electron chi connectivity index (χ3n) is 3.54. The smallest absolute Gasteiger partial charge is 0.469 e. The van der Waals surface area contributed by atoms with Crippen LogP contribution < -0.4 is 15.8 Å². The average molecular weight is 386 g/mol. The van der Waals surface area contributed by atoms with Crippen LogP contribution in [0, 0.1) is 0 Å². The van der Waals surface area contributed by atoms with Gasteiger partial charge in [0.15, 0.2) is 0 Å². The van der Waals surface area contributed by atoms with Crippen molar-refractivity contribution < 1.29 is 36.7 Å². The Hall–Kier alpha value is -3.01. The van der Waals surface area contributed by atoms with Gasteiger partial charge in [-0.2, -0.15) is 0 Å². The lowest BCUT2D eigenvalue weighted by atomic mass is 10.0. The topological polar surface area (TPSA) is 104 Å². The number of alkyl halides is 3. The van der Waals surface area contributed by atoms with Crippen LogP contribution in [0.5, 0.6) is 5.75 Å². The van der Waals surface area contributed by atoms with Crippen molar-refractivity contribution in [3.05, 3.63) is 53.5 Å². The van der Waals surface area contributed by atoms with Crippen molar-refractivity contribution >= 4 is 11.9 Å². The summed E-state index contributed by atoms with van der Waals surface area (Å²) in [6, 6.07) is 5.42. The van der Waals surface area contributed by atoms with E-state index in [0.717, 1.165) is 12.1 Å². The number of hydrogen-bond acceptors (Lipinski definition) is 6. The van der Waals surface area contributed by atoms with Gasteiger partial charge in [0.25, 0.3) is 5.91 Å². The largest absolute Gasteiger partial charge is 0.573 e. The molecule has 0 bridgehead atoms. The van der Waals surface area contributed by atoms with Crippen molar-refractivity contribution in [2.45, 2.75) is 25.4 Å². The summed E-state index contributed by atoms with van der Waals surface area (Å²) in [4.78, 5) is 24.0. The van der Waals surface area contributed by atoms with Gasteiger partial charge in [0, 0.05) is 0 Å². The van der Waals surface area contributed by atoms with E-state index in [4.69, 9.17) is 10.2 Å². The van der Waals surface area contributed by atoms with E-state index in [1.54, 1.807) is 0 Å². The molecule has 146 valence electrons. The summed E-state index contributed by atoms with van der Waals surface area (Å²) in [5.74, 6) is -1.16. The highest BCUT2D eigenvalue weighted by molar-refractivity contribution is 5.94. The number of carbonyl (C=O) groups is 2. The molecule has 0 fully saturated rings. The molecule has 0 saturated heterocycles. The van der Waals surface area contributed by atoms with E-state index in [0.29, 0.717) is 11.3 Å². The van der Waals surface area contributed by atoms with Crippen molar-refractivity contribution in [3.8, 4) is 5.75 Å². The first-order valence-electron chi connectivity index (χ1n) is 7.72. The van der Waals surface area contributed by atoms with Gasteiger partial charge < -0.3 is 24.9 Å². The Bertz CT molecular complexity index is 787. The number of benzene rings is 1. The minimum atomic E-state index is -4.82. The van der Waals surface area contributed by atoms with Crippen molar-refractivity contribution in [2.24, 2.45) is 5.73 Å². The van der Waals surface area contributed by atoms with Gasteiger partial charge in [-0.15, -0.1) is 13.2 Å². The van der Waals surface area contributed by atoms with Crippen LogP contribution in [0.4, 0.5) is 13.2 Å². The molecule has 2 aromatic rings. The summed E-state index contributed by atoms with van der Waals surface area (Å²) in [6.07, 6.45) is -3.82. The molecule has 0 radical (unpaired) electrons. The molecular formula is C17H17F3N2O5. The summed E-state index contributed by atoms with van der Waals surface area (Å²) in [7, 11) is 1.19. The Morgan fingerprint density at radius 1 is 1.26 bits per heavy atom. The van der Waals surface area contributed by atoms with E-state index in [1.165, 1.54) is 31.6 Å².